The molecule has 1 aliphatic rings. The highest BCUT2D eigenvalue weighted by atomic mass is 16.2. The molecular formula is C9H18N2O. The molecule has 1 amide bonds. The molecule has 0 radical (unpaired) electrons. The number of likely N-dealkylation sites (N-methyl/N-ethyl adjacent to an activating group) is 1. The van der Waals surface area contributed by atoms with Gasteiger partial charge >= 0.3 is 0 Å². The second-order valence-corrected chi connectivity index (χ2v) is 3.55. The van der Waals surface area contributed by atoms with Gasteiger partial charge in [0.1, 0.15) is 0 Å². The molecule has 0 aromatic heterocycles. The van der Waals surface area contributed by atoms with Gasteiger partial charge in [-0.3, -0.25) is 4.79 Å². The highest BCUT2D eigenvalue weighted by Crippen LogP contribution is 2.24. The third-order valence-corrected chi connectivity index (χ3v) is 2.62. The summed E-state index contributed by atoms with van der Waals surface area (Å²) in [6.07, 6.45) is 3.91. The summed E-state index contributed by atoms with van der Waals surface area (Å²) in [5, 5.41) is 5.85. The first-order valence-corrected chi connectivity index (χ1v) is 4.69. The molecule has 0 aromatic carbocycles. The molecule has 70 valence electrons. The normalized spacial score (nSPS) is 19.8. The second kappa shape index (κ2) is 4.45. The highest BCUT2D eigenvalue weighted by molar-refractivity contribution is 5.81. The van der Waals surface area contributed by atoms with Crippen molar-refractivity contribution in [1.29, 1.82) is 0 Å². The monoisotopic (exact) mass is 170 g/mol. The van der Waals surface area contributed by atoms with Crippen molar-refractivity contribution >= 4 is 5.91 Å². The van der Waals surface area contributed by atoms with E-state index in [1.165, 1.54) is 19.3 Å². The Morgan fingerprint density at radius 3 is 2.67 bits per heavy atom. The minimum absolute atomic E-state index is 0.0647. The molecule has 3 heteroatoms. The van der Waals surface area contributed by atoms with E-state index in [1.807, 2.05) is 6.92 Å². The molecular weight excluding hydrogens is 152 g/mol. The molecule has 0 saturated heterocycles. The predicted octanol–water partition coefficient (Wildman–Crippen LogP) is 0.511. The Morgan fingerprint density at radius 1 is 1.58 bits per heavy atom. The van der Waals surface area contributed by atoms with Crippen molar-refractivity contribution in [1.82, 2.24) is 10.6 Å². The zero-order valence-corrected chi connectivity index (χ0v) is 7.89. The maximum Gasteiger partial charge on any atom is 0.236 e. The number of hydrogen-bond acceptors (Lipinski definition) is 2. The van der Waals surface area contributed by atoms with Crippen molar-refractivity contribution in [2.24, 2.45) is 5.92 Å². The van der Waals surface area contributed by atoms with E-state index in [2.05, 4.69) is 10.6 Å². The van der Waals surface area contributed by atoms with Crippen molar-refractivity contribution in [3.8, 4) is 0 Å². The van der Waals surface area contributed by atoms with Crippen LogP contribution in [0.4, 0.5) is 0 Å². The van der Waals surface area contributed by atoms with Gasteiger partial charge < -0.3 is 10.6 Å². The number of hydrogen-bond donors (Lipinski definition) is 2. The lowest BCUT2D eigenvalue weighted by Crippen LogP contribution is -2.43. The Labute approximate surface area is 73.9 Å². The minimum Gasteiger partial charge on any atom is -0.354 e. The van der Waals surface area contributed by atoms with E-state index in [0.717, 1.165) is 12.5 Å². The van der Waals surface area contributed by atoms with Gasteiger partial charge in [0.25, 0.3) is 0 Å². The summed E-state index contributed by atoms with van der Waals surface area (Å²) in [6.45, 7) is 2.74. The summed E-state index contributed by atoms with van der Waals surface area (Å²) in [5.41, 5.74) is 0. The molecule has 1 unspecified atom stereocenters. The predicted molar refractivity (Wildman–Crippen MR) is 48.9 cm³/mol. The van der Waals surface area contributed by atoms with Gasteiger partial charge in [0.15, 0.2) is 0 Å². The number of nitrogens with one attached hydrogen (secondary N) is 2. The van der Waals surface area contributed by atoms with Crippen LogP contribution in [0.5, 0.6) is 0 Å². The lowest BCUT2D eigenvalue weighted by molar-refractivity contribution is -0.122. The topological polar surface area (TPSA) is 41.1 Å². The number of rotatable bonds is 4. The Balaban J connectivity index is 2.08. The largest absolute Gasteiger partial charge is 0.354 e. The maximum absolute atomic E-state index is 11.2. The fourth-order valence-electron chi connectivity index (χ4n) is 1.23. The fourth-order valence-corrected chi connectivity index (χ4v) is 1.23. The van der Waals surface area contributed by atoms with E-state index in [4.69, 9.17) is 0 Å². The SMILES string of the molecule is CNC(C)C(=O)NCC1CCC1. The Hall–Kier alpha value is -0.570. The van der Waals surface area contributed by atoms with Crippen molar-refractivity contribution in [2.45, 2.75) is 32.2 Å². The molecule has 2 N–H and O–H groups in total. The summed E-state index contributed by atoms with van der Waals surface area (Å²) in [7, 11) is 1.80. The third-order valence-electron chi connectivity index (χ3n) is 2.62. The van der Waals surface area contributed by atoms with Crippen LogP contribution in [0.1, 0.15) is 26.2 Å². The second-order valence-electron chi connectivity index (χ2n) is 3.55. The van der Waals surface area contributed by atoms with E-state index in [-0.39, 0.29) is 11.9 Å². The summed E-state index contributed by atoms with van der Waals surface area (Å²) in [5.74, 6) is 0.863. The van der Waals surface area contributed by atoms with Gasteiger partial charge in [0.2, 0.25) is 5.91 Å². The van der Waals surface area contributed by atoms with Crippen LogP contribution in [-0.4, -0.2) is 25.5 Å². The van der Waals surface area contributed by atoms with Crippen LogP contribution in [0.3, 0.4) is 0 Å². The van der Waals surface area contributed by atoms with Gasteiger partial charge in [-0.25, -0.2) is 0 Å². The highest BCUT2D eigenvalue weighted by Gasteiger charge is 2.18. The average Bonchev–Trinajstić information content (AvgIpc) is 2.00. The van der Waals surface area contributed by atoms with Crippen LogP contribution in [0.25, 0.3) is 0 Å². The van der Waals surface area contributed by atoms with E-state index in [9.17, 15) is 4.79 Å². The summed E-state index contributed by atoms with van der Waals surface area (Å²) >= 11 is 0. The molecule has 12 heavy (non-hydrogen) atoms. The molecule has 0 aliphatic heterocycles. The Morgan fingerprint density at radius 2 is 2.25 bits per heavy atom. The van der Waals surface area contributed by atoms with E-state index in [1.54, 1.807) is 7.05 Å². The number of amides is 1. The van der Waals surface area contributed by atoms with E-state index in [0.29, 0.717) is 0 Å². The minimum atomic E-state index is -0.0647. The molecule has 1 saturated carbocycles. The quantitative estimate of drug-likeness (QED) is 0.645. The molecule has 1 atom stereocenters. The third kappa shape index (κ3) is 2.48. The average molecular weight is 170 g/mol. The van der Waals surface area contributed by atoms with Crippen molar-refractivity contribution in [2.75, 3.05) is 13.6 Å². The number of carbonyl (C=O) groups excluding carboxylic acids is 1. The van der Waals surface area contributed by atoms with Crippen molar-refractivity contribution in [3.05, 3.63) is 0 Å². The van der Waals surface area contributed by atoms with Gasteiger partial charge in [-0.15, -0.1) is 0 Å². The molecule has 1 fully saturated rings. The molecule has 1 rings (SSSR count). The Kier molecular flexibility index (Phi) is 3.53. The Bertz CT molecular complexity index is 155. The van der Waals surface area contributed by atoms with Crippen LogP contribution in [-0.2, 0) is 4.79 Å². The van der Waals surface area contributed by atoms with E-state index < -0.39 is 0 Å². The first-order chi connectivity index (χ1) is 5.74. The van der Waals surface area contributed by atoms with Crippen LogP contribution >= 0.6 is 0 Å². The van der Waals surface area contributed by atoms with Gasteiger partial charge in [0.05, 0.1) is 6.04 Å². The zero-order valence-electron chi connectivity index (χ0n) is 7.89. The molecule has 0 bridgehead atoms. The summed E-state index contributed by atoms with van der Waals surface area (Å²) in [4.78, 5) is 11.2. The maximum atomic E-state index is 11.2. The molecule has 0 spiro atoms. The van der Waals surface area contributed by atoms with Gasteiger partial charge in [-0.05, 0) is 32.7 Å². The summed E-state index contributed by atoms with van der Waals surface area (Å²) in [6, 6.07) is -0.0647. The van der Waals surface area contributed by atoms with Crippen molar-refractivity contribution in [3.63, 3.8) is 0 Å². The molecule has 1 aliphatic carbocycles. The van der Waals surface area contributed by atoms with Crippen LogP contribution < -0.4 is 10.6 Å². The molecule has 0 heterocycles. The first-order valence-electron chi connectivity index (χ1n) is 4.69. The van der Waals surface area contributed by atoms with Gasteiger partial charge in [0, 0.05) is 6.54 Å². The van der Waals surface area contributed by atoms with E-state index >= 15 is 0 Å². The smallest absolute Gasteiger partial charge is 0.236 e. The lowest BCUT2D eigenvalue weighted by atomic mass is 9.85. The standard InChI is InChI=1S/C9H18N2O/c1-7(10-2)9(12)11-6-8-4-3-5-8/h7-8,10H,3-6H2,1-2H3,(H,11,12). The van der Waals surface area contributed by atoms with Crippen LogP contribution in [0, 0.1) is 5.92 Å². The fraction of sp³-hybridized carbons (Fsp3) is 0.889. The lowest BCUT2D eigenvalue weighted by Gasteiger charge is -2.25. The van der Waals surface area contributed by atoms with Crippen LogP contribution in [0.2, 0.25) is 0 Å². The van der Waals surface area contributed by atoms with Gasteiger partial charge in [-0.2, -0.15) is 0 Å². The first kappa shape index (κ1) is 9.52. The zero-order chi connectivity index (χ0) is 8.97. The number of carbonyl (C=O) groups is 1. The molecule has 0 aromatic rings. The summed E-state index contributed by atoms with van der Waals surface area (Å²) < 4.78 is 0. The molecule has 3 nitrogen and oxygen atoms in total. The van der Waals surface area contributed by atoms with Crippen molar-refractivity contribution < 1.29 is 4.79 Å². The van der Waals surface area contributed by atoms with Gasteiger partial charge in [-0.1, -0.05) is 6.42 Å². The van der Waals surface area contributed by atoms with Crippen LogP contribution in [0.15, 0.2) is 0 Å².